The van der Waals surface area contributed by atoms with Crippen LogP contribution in [0.5, 0.6) is 5.75 Å². The summed E-state index contributed by atoms with van der Waals surface area (Å²) in [6, 6.07) is 13.6. The van der Waals surface area contributed by atoms with Crippen molar-refractivity contribution in [3.05, 3.63) is 58.6 Å². The summed E-state index contributed by atoms with van der Waals surface area (Å²) in [5, 5.41) is 12.5. The first-order chi connectivity index (χ1) is 9.61. The highest BCUT2D eigenvalue weighted by Crippen LogP contribution is 2.30. The van der Waals surface area contributed by atoms with Gasteiger partial charge in [0.05, 0.1) is 7.11 Å². The second-order valence-electron chi connectivity index (χ2n) is 4.17. The maximum absolute atomic E-state index is 11.5. The maximum atomic E-state index is 11.5. The molecule has 0 amide bonds. The molecule has 0 heterocycles. The lowest BCUT2D eigenvalue weighted by Crippen LogP contribution is -2.21. The van der Waals surface area contributed by atoms with E-state index in [-0.39, 0.29) is 0 Å². The van der Waals surface area contributed by atoms with E-state index in [1.807, 2.05) is 30.3 Å². The third kappa shape index (κ3) is 3.30. The SMILES string of the molecule is COc1ccc(Br)c(C(Nc2ccccc2)C(=O)O)c1. The van der Waals surface area contributed by atoms with Crippen molar-refractivity contribution in [2.45, 2.75) is 6.04 Å². The van der Waals surface area contributed by atoms with Gasteiger partial charge in [0, 0.05) is 15.7 Å². The van der Waals surface area contributed by atoms with Crippen LogP contribution in [0.15, 0.2) is 53.0 Å². The van der Waals surface area contributed by atoms with Crippen LogP contribution in [0.1, 0.15) is 11.6 Å². The van der Waals surface area contributed by atoms with Crippen LogP contribution in [0.25, 0.3) is 0 Å². The summed E-state index contributed by atoms with van der Waals surface area (Å²) < 4.78 is 5.87. The molecule has 0 aromatic heterocycles. The normalized spacial score (nSPS) is 11.7. The van der Waals surface area contributed by atoms with Crippen molar-refractivity contribution in [3.63, 3.8) is 0 Å². The molecule has 1 unspecified atom stereocenters. The van der Waals surface area contributed by atoms with Crippen molar-refractivity contribution < 1.29 is 14.6 Å². The van der Waals surface area contributed by atoms with E-state index >= 15 is 0 Å². The van der Waals surface area contributed by atoms with E-state index in [4.69, 9.17) is 4.74 Å². The van der Waals surface area contributed by atoms with Gasteiger partial charge in [0.25, 0.3) is 0 Å². The number of ether oxygens (including phenoxy) is 1. The maximum Gasteiger partial charge on any atom is 0.330 e. The van der Waals surface area contributed by atoms with E-state index in [0.29, 0.717) is 15.8 Å². The quantitative estimate of drug-likeness (QED) is 0.874. The molecule has 0 aliphatic carbocycles. The molecular formula is C15H14BrNO3. The zero-order valence-electron chi connectivity index (χ0n) is 10.8. The van der Waals surface area contributed by atoms with Crippen LogP contribution >= 0.6 is 15.9 Å². The number of benzene rings is 2. The summed E-state index contributed by atoms with van der Waals surface area (Å²) in [6.45, 7) is 0. The smallest absolute Gasteiger partial charge is 0.330 e. The first-order valence-corrected chi connectivity index (χ1v) is 6.79. The van der Waals surface area contributed by atoms with Crippen molar-refractivity contribution in [1.82, 2.24) is 0 Å². The molecule has 2 rings (SSSR count). The van der Waals surface area contributed by atoms with Gasteiger partial charge in [0.1, 0.15) is 5.75 Å². The number of carboxylic acid groups (broad SMARTS) is 1. The fourth-order valence-electron chi connectivity index (χ4n) is 1.84. The third-order valence-corrected chi connectivity index (χ3v) is 3.57. The molecule has 0 aliphatic rings. The van der Waals surface area contributed by atoms with Gasteiger partial charge in [-0.25, -0.2) is 4.79 Å². The second kappa shape index (κ2) is 6.43. The van der Waals surface area contributed by atoms with Crippen LogP contribution in [-0.4, -0.2) is 18.2 Å². The highest BCUT2D eigenvalue weighted by molar-refractivity contribution is 9.10. The Labute approximate surface area is 125 Å². The second-order valence-corrected chi connectivity index (χ2v) is 5.02. The fraction of sp³-hybridized carbons (Fsp3) is 0.133. The van der Waals surface area contributed by atoms with E-state index in [2.05, 4.69) is 21.2 Å². The summed E-state index contributed by atoms with van der Waals surface area (Å²) in [6.07, 6.45) is 0. The molecule has 0 saturated heterocycles. The van der Waals surface area contributed by atoms with E-state index in [9.17, 15) is 9.90 Å². The number of halogens is 1. The van der Waals surface area contributed by atoms with Crippen molar-refractivity contribution >= 4 is 27.6 Å². The summed E-state index contributed by atoms with van der Waals surface area (Å²) in [5.41, 5.74) is 1.36. The summed E-state index contributed by atoms with van der Waals surface area (Å²) >= 11 is 3.38. The Morgan fingerprint density at radius 1 is 1.25 bits per heavy atom. The number of carboxylic acids is 1. The van der Waals surface area contributed by atoms with Crippen molar-refractivity contribution in [3.8, 4) is 5.75 Å². The number of hydrogen-bond donors (Lipinski definition) is 2. The minimum absolute atomic E-state index is 0.612. The summed E-state index contributed by atoms with van der Waals surface area (Å²) in [4.78, 5) is 11.5. The van der Waals surface area contributed by atoms with Crippen LogP contribution in [0, 0.1) is 0 Å². The molecular weight excluding hydrogens is 322 g/mol. The molecule has 0 aliphatic heterocycles. The zero-order chi connectivity index (χ0) is 14.5. The highest BCUT2D eigenvalue weighted by Gasteiger charge is 2.22. The van der Waals surface area contributed by atoms with Crippen molar-refractivity contribution in [1.29, 1.82) is 0 Å². The van der Waals surface area contributed by atoms with Crippen LogP contribution < -0.4 is 10.1 Å². The monoisotopic (exact) mass is 335 g/mol. The topological polar surface area (TPSA) is 58.6 Å². The molecule has 0 bridgehead atoms. The lowest BCUT2D eigenvalue weighted by Gasteiger charge is -2.18. The van der Waals surface area contributed by atoms with Crippen molar-refractivity contribution in [2.75, 3.05) is 12.4 Å². The van der Waals surface area contributed by atoms with Gasteiger partial charge in [-0.3, -0.25) is 0 Å². The first-order valence-electron chi connectivity index (χ1n) is 5.99. The zero-order valence-corrected chi connectivity index (χ0v) is 12.4. The van der Waals surface area contributed by atoms with Gasteiger partial charge >= 0.3 is 5.97 Å². The lowest BCUT2D eigenvalue weighted by atomic mass is 10.1. The first kappa shape index (κ1) is 14.4. The van der Waals surface area contributed by atoms with Gasteiger partial charge in [-0.15, -0.1) is 0 Å². The van der Waals surface area contributed by atoms with Crippen LogP contribution in [0.2, 0.25) is 0 Å². The molecule has 0 fully saturated rings. The largest absolute Gasteiger partial charge is 0.497 e. The Kier molecular flexibility index (Phi) is 4.63. The highest BCUT2D eigenvalue weighted by atomic mass is 79.9. The van der Waals surface area contributed by atoms with Gasteiger partial charge in [-0.1, -0.05) is 34.1 Å². The van der Waals surface area contributed by atoms with E-state index in [0.717, 1.165) is 5.69 Å². The predicted molar refractivity (Wildman–Crippen MR) is 81.1 cm³/mol. The number of anilines is 1. The molecule has 4 nitrogen and oxygen atoms in total. The van der Waals surface area contributed by atoms with Gasteiger partial charge in [0.2, 0.25) is 0 Å². The van der Waals surface area contributed by atoms with E-state index < -0.39 is 12.0 Å². The van der Waals surface area contributed by atoms with Crippen LogP contribution in [-0.2, 0) is 4.79 Å². The van der Waals surface area contributed by atoms with Gasteiger partial charge in [-0.05, 0) is 30.3 Å². The molecule has 20 heavy (non-hydrogen) atoms. The van der Waals surface area contributed by atoms with E-state index in [1.165, 1.54) is 0 Å². The number of hydrogen-bond acceptors (Lipinski definition) is 3. The molecule has 0 radical (unpaired) electrons. The molecule has 0 saturated carbocycles. The van der Waals surface area contributed by atoms with Crippen LogP contribution in [0.4, 0.5) is 5.69 Å². The minimum atomic E-state index is -0.956. The van der Waals surface area contributed by atoms with Crippen molar-refractivity contribution in [2.24, 2.45) is 0 Å². The molecule has 2 N–H and O–H groups in total. The Morgan fingerprint density at radius 3 is 2.55 bits per heavy atom. The predicted octanol–water partition coefficient (Wildman–Crippen LogP) is 3.70. The van der Waals surface area contributed by atoms with Gasteiger partial charge in [-0.2, -0.15) is 0 Å². The van der Waals surface area contributed by atoms with Gasteiger partial charge in [0.15, 0.2) is 6.04 Å². The van der Waals surface area contributed by atoms with E-state index in [1.54, 1.807) is 25.3 Å². The number of carbonyl (C=O) groups is 1. The Hall–Kier alpha value is -2.01. The number of nitrogens with one attached hydrogen (secondary N) is 1. The molecule has 2 aromatic carbocycles. The number of para-hydroxylation sites is 1. The standard InChI is InChI=1S/C15H14BrNO3/c1-20-11-7-8-13(16)12(9-11)14(15(18)19)17-10-5-3-2-4-6-10/h2-9,14,17H,1H3,(H,18,19). The molecule has 0 spiro atoms. The average molecular weight is 336 g/mol. The summed E-state index contributed by atoms with van der Waals surface area (Å²) in [5.74, 6) is -0.341. The van der Waals surface area contributed by atoms with Gasteiger partial charge < -0.3 is 15.2 Å². The Bertz CT molecular complexity index is 601. The number of aliphatic carboxylic acids is 1. The Balaban J connectivity index is 2.36. The third-order valence-electron chi connectivity index (χ3n) is 2.85. The number of methoxy groups -OCH3 is 1. The molecule has 5 heteroatoms. The minimum Gasteiger partial charge on any atom is -0.497 e. The average Bonchev–Trinajstić information content (AvgIpc) is 2.46. The molecule has 104 valence electrons. The number of rotatable bonds is 5. The lowest BCUT2D eigenvalue weighted by molar-refractivity contribution is -0.138. The fourth-order valence-corrected chi connectivity index (χ4v) is 2.32. The van der Waals surface area contributed by atoms with Crippen LogP contribution in [0.3, 0.4) is 0 Å². The molecule has 1 atom stereocenters. The Morgan fingerprint density at radius 2 is 1.95 bits per heavy atom. The molecule has 2 aromatic rings. The summed E-state index contributed by atoms with van der Waals surface area (Å²) in [7, 11) is 1.55.